The molecule has 4 nitrogen and oxygen atoms in total. The first-order valence-electron chi connectivity index (χ1n) is 9.18. The number of benzene rings is 2. The van der Waals surface area contributed by atoms with Gasteiger partial charge in [-0.25, -0.2) is 4.79 Å². The SMILES string of the molecule is CC(C)(C)c1ccc(C=CC(=O)Nc2ccc3c(C(F)(F)F)cc(=O)oc3c2)cc1. The number of amides is 1. The third-order valence-corrected chi connectivity index (χ3v) is 4.52. The van der Waals surface area contributed by atoms with Gasteiger partial charge in [0, 0.05) is 29.3 Å². The van der Waals surface area contributed by atoms with Gasteiger partial charge in [0.25, 0.3) is 0 Å². The molecule has 0 aliphatic carbocycles. The van der Waals surface area contributed by atoms with E-state index in [1.54, 1.807) is 6.08 Å². The molecule has 1 aromatic heterocycles. The highest BCUT2D eigenvalue weighted by atomic mass is 19.4. The molecule has 3 rings (SSSR count). The van der Waals surface area contributed by atoms with Crippen LogP contribution in [0.4, 0.5) is 18.9 Å². The van der Waals surface area contributed by atoms with Crippen LogP contribution in [0.3, 0.4) is 0 Å². The highest BCUT2D eigenvalue weighted by Gasteiger charge is 2.33. The second-order valence-corrected chi connectivity index (χ2v) is 7.88. The molecule has 0 bridgehead atoms. The Hall–Kier alpha value is -3.35. The summed E-state index contributed by atoms with van der Waals surface area (Å²) in [4.78, 5) is 23.6. The standard InChI is InChI=1S/C23H20F3NO3/c1-22(2,3)15-7-4-14(5-8-15)6-11-20(28)27-16-9-10-17-18(23(24,25)26)13-21(29)30-19(17)12-16/h4-13H,1-3H3,(H,27,28). The average Bonchev–Trinajstić information content (AvgIpc) is 2.64. The van der Waals surface area contributed by atoms with Crippen LogP contribution in [0.15, 0.2) is 63.8 Å². The summed E-state index contributed by atoms with van der Waals surface area (Å²) in [5.74, 6) is -0.469. The minimum Gasteiger partial charge on any atom is -0.423 e. The second-order valence-electron chi connectivity index (χ2n) is 7.88. The Morgan fingerprint density at radius 3 is 2.27 bits per heavy atom. The van der Waals surface area contributed by atoms with E-state index in [1.165, 1.54) is 23.8 Å². The van der Waals surface area contributed by atoms with E-state index in [1.807, 2.05) is 24.3 Å². The van der Waals surface area contributed by atoms with Crippen LogP contribution in [0.2, 0.25) is 0 Å². The van der Waals surface area contributed by atoms with Gasteiger partial charge >= 0.3 is 11.8 Å². The lowest BCUT2D eigenvalue weighted by Gasteiger charge is -2.18. The van der Waals surface area contributed by atoms with Gasteiger partial charge in [0.2, 0.25) is 5.91 Å². The molecule has 0 unspecified atom stereocenters. The van der Waals surface area contributed by atoms with Crippen LogP contribution in [0.25, 0.3) is 17.0 Å². The molecule has 0 fully saturated rings. The summed E-state index contributed by atoms with van der Waals surface area (Å²) in [7, 11) is 0. The van der Waals surface area contributed by atoms with Crippen LogP contribution in [0.1, 0.15) is 37.5 Å². The highest BCUT2D eigenvalue weighted by Crippen LogP contribution is 2.34. The Morgan fingerprint density at radius 1 is 1.00 bits per heavy atom. The molecule has 3 aromatic rings. The molecule has 7 heteroatoms. The van der Waals surface area contributed by atoms with E-state index in [0.717, 1.165) is 11.6 Å². The normalized spacial score (nSPS) is 12.5. The summed E-state index contributed by atoms with van der Waals surface area (Å²) in [6, 6.07) is 11.8. The number of halogens is 3. The molecule has 1 N–H and O–H groups in total. The third kappa shape index (κ3) is 4.97. The monoisotopic (exact) mass is 415 g/mol. The zero-order chi connectivity index (χ0) is 22.1. The van der Waals surface area contributed by atoms with Crippen molar-refractivity contribution in [2.24, 2.45) is 0 Å². The van der Waals surface area contributed by atoms with Crippen molar-refractivity contribution in [3.05, 3.63) is 81.7 Å². The van der Waals surface area contributed by atoms with Gasteiger partial charge in [0.1, 0.15) is 5.58 Å². The molecule has 1 amide bonds. The summed E-state index contributed by atoms with van der Waals surface area (Å²) < 4.78 is 44.2. The number of hydrogen-bond donors (Lipinski definition) is 1. The number of carbonyl (C=O) groups excluding carboxylic acids is 1. The van der Waals surface area contributed by atoms with Crippen molar-refractivity contribution in [2.75, 3.05) is 5.32 Å². The number of hydrogen-bond acceptors (Lipinski definition) is 3. The molecular weight excluding hydrogens is 395 g/mol. The number of fused-ring (bicyclic) bond motifs is 1. The zero-order valence-corrected chi connectivity index (χ0v) is 16.6. The van der Waals surface area contributed by atoms with E-state index in [-0.39, 0.29) is 22.1 Å². The topological polar surface area (TPSA) is 59.3 Å². The zero-order valence-electron chi connectivity index (χ0n) is 16.6. The van der Waals surface area contributed by atoms with Gasteiger partial charge < -0.3 is 9.73 Å². The third-order valence-electron chi connectivity index (χ3n) is 4.52. The fraction of sp³-hybridized carbons (Fsp3) is 0.217. The van der Waals surface area contributed by atoms with Crippen molar-refractivity contribution in [3.63, 3.8) is 0 Å². The number of anilines is 1. The molecule has 0 aliphatic heterocycles. The minimum atomic E-state index is -4.69. The van der Waals surface area contributed by atoms with Crippen LogP contribution in [0.5, 0.6) is 0 Å². The number of rotatable bonds is 3. The van der Waals surface area contributed by atoms with E-state index < -0.39 is 23.3 Å². The quantitative estimate of drug-likeness (QED) is 0.437. The van der Waals surface area contributed by atoms with Gasteiger partial charge in [0.15, 0.2) is 0 Å². The van der Waals surface area contributed by atoms with Gasteiger partial charge in [0.05, 0.1) is 5.56 Å². The second kappa shape index (κ2) is 7.82. The Labute approximate surface area is 171 Å². The fourth-order valence-electron chi connectivity index (χ4n) is 2.93. The molecule has 0 radical (unpaired) electrons. The van der Waals surface area contributed by atoms with Crippen molar-refractivity contribution in [3.8, 4) is 0 Å². The molecule has 0 spiro atoms. The Morgan fingerprint density at radius 2 is 1.67 bits per heavy atom. The Bertz CT molecular complexity index is 1170. The van der Waals surface area contributed by atoms with Crippen LogP contribution in [0, 0.1) is 0 Å². The molecule has 0 aliphatic rings. The van der Waals surface area contributed by atoms with E-state index in [0.29, 0.717) is 6.07 Å². The van der Waals surface area contributed by atoms with Crippen molar-refractivity contribution in [2.45, 2.75) is 32.4 Å². The maximum atomic E-state index is 13.1. The molecule has 1 heterocycles. The molecule has 30 heavy (non-hydrogen) atoms. The van der Waals surface area contributed by atoms with Crippen LogP contribution < -0.4 is 10.9 Å². The van der Waals surface area contributed by atoms with E-state index in [2.05, 4.69) is 26.1 Å². The van der Waals surface area contributed by atoms with Crippen molar-refractivity contribution in [1.82, 2.24) is 0 Å². The molecule has 156 valence electrons. The lowest BCUT2D eigenvalue weighted by Crippen LogP contribution is -2.12. The van der Waals surface area contributed by atoms with Gasteiger partial charge in [-0.3, -0.25) is 4.79 Å². The maximum Gasteiger partial charge on any atom is 0.417 e. The first-order valence-corrected chi connectivity index (χ1v) is 9.18. The van der Waals surface area contributed by atoms with Crippen LogP contribution in [-0.2, 0) is 16.4 Å². The van der Waals surface area contributed by atoms with Gasteiger partial charge in [-0.05, 0) is 34.8 Å². The number of alkyl halides is 3. The first-order chi connectivity index (χ1) is 13.9. The molecule has 0 saturated heterocycles. The average molecular weight is 415 g/mol. The van der Waals surface area contributed by atoms with Crippen LogP contribution >= 0.6 is 0 Å². The van der Waals surface area contributed by atoms with Gasteiger partial charge in [-0.2, -0.15) is 13.2 Å². The Balaban J connectivity index is 1.78. The molecule has 2 aromatic carbocycles. The predicted molar refractivity (Wildman–Crippen MR) is 110 cm³/mol. The fourth-order valence-corrected chi connectivity index (χ4v) is 2.93. The minimum absolute atomic E-state index is 0.0245. The van der Waals surface area contributed by atoms with Gasteiger partial charge in [-0.15, -0.1) is 0 Å². The first kappa shape index (κ1) is 21.4. The highest BCUT2D eigenvalue weighted by molar-refractivity contribution is 6.02. The Kier molecular flexibility index (Phi) is 5.57. The molecular formula is C23H20F3NO3. The van der Waals surface area contributed by atoms with Gasteiger partial charge in [-0.1, -0.05) is 45.0 Å². The summed E-state index contributed by atoms with van der Waals surface area (Å²) in [5.41, 5.74) is -0.215. The predicted octanol–water partition coefficient (Wildman–Crippen LogP) is 5.76. The maximum absolute atomic E-state index is 13.1. The van der Waals surface area contributed by atoms with E-state index in [9.17, 15) is 22.8 Å². The lowest BCUT2D eigenvalue weighted by atomic mass is 9.87. The van der Waals surface area contributed by atoms with E-state index in [4.69, 9.17) is 4.42 Å². The summed E-state index contributed by atoms with van der Waals surface area (Å²) in [6.45, 7) is 6.32. The summed E-state index contributed by atoms with van der Waals surface area (Å²) >= 11 is 0. The number of nitrogens with one attached hydrogen (secondary N) is 1. The largest absolute Gasteiger partial charge is 0.423 e. The van der Waals surface area contributed by atoms with Crippen molar-refractivity contribution >= 4 is 28.6 Å². The lowest BCUT2D eigenvalue weighted by molar-refractivity contribution is -0.136. The van der Waals surface area contributed by atoms with E-state index >= 15 is 0 Å². The smallest absolute Gasteiger partial charge is 0.417 e. The van der Waals surface area contributed by atoms with Crippen molar-refractivity contribution in [1.29, 1.82) is 0 Å². The molecule has 0 atom stereocenters. The molecule has 0 saturated carbocycles. The van der Waals surface area contributed by atoms with Crippen molar-refractivity contribution < 1.29 is 22.4 Å². The number of carbonyl (C=O) groups is 1. The summed E-state index contributed by atoms with van der Waals surface area (Å²) in [5, 5.41) is 2.29. The van der Waals surface area contributed by atoms with Crippen LogP contribution in [-0.4, -0.2) is 5.91 Å². The summed E-state index contributed by atoms with van der Waals surface area (Å²) in [6.07, 6.45) is -1.74.